The van der Waals surface area contributed by atoms with E-state index in [0.717, 1.165) is 25.6 Å². The lowest BCUT2D eigenvalue weighted by molar-refractivity contribution is 0.182. The first-order chi connectivity index (χ1) is 4.00. The molecule has 0 unspecified atom stereocenters. The van der Waals surface area contributed by atoms with Crippen LogP contribution in [0.15, 0.2) is 0 Å². The fourth-order valence-corrected chi connectivity index (χ4v) is 1.23. The van der Waals surface area contributed by atoms with Crippen LogP contribution in [-0.4, -0.2) is 31.4 Å². The van der Waals surface area contributed by atoms with E-state index in [9.17, 15) is 0 Å². The van der Waals surface area contributed by atoms with Gasteiger partial charge in [-0.25, -0.2) is 0 Å². The van der Waals surface area contributed by atoms with Gasteiger partial charge in [-0.15, -0.1) is 11.8 Å². The fraction of sp³-hybridized carbons (Fsp3) is 1.00. The van der Waals surface area contributed by atoms with Crippen LogP contribution in [0, 0.1) is 0 Å². The maximum Gasteiger partial charge on any atom is 0.0922 e. The highest BCUT2D eigenvalue weighted by Gasteiger charge is 1.93. The second kappa shape index (κ2) is 4.18. The molecule has 0 bridgehead atoms. The summed E-state index contributed by atoms with van der Waals surface area (Å²) in [5, 5.41) is 3.24. The predicted octanol–water partition coefficient (Wildman–Crippen LogP) is 0.297. The van der Waals surface area contributed by atoms with Gasteiger partial charge in [0.05, 0.1) is 12.5 Å². The Morgan fingerprint density at radius 2 is 2.38 bits per heavy atom. The molecule has 1 N–H and O–H groups in total. The highest BCUT2D eigenvalue weighted by atomic mass is 32.2. The van der Waals surface area contributed by atoms with Crippen molar-refractivity contribution in [3.63, 3.8) is 0 Å². The zero-order chi connectivity index (χ0) is 5.66. The Labute approximate surface area is 54.0 Å². The van der Waals surface area contributed by atoms with Crippen LogP contribution in [0.3, 0.4) is 0 Å². The Balaban J connectivity index is 2.00. The third kappa shape index (κ3) is 2.55. The summed E-state index contributed by atoms with van der Waals surface area (Å²) in [6, 6.07) is 0. The topological polar surface area (TPSA) is 21.3 Å². The summed E-state index contributed by atoms with van der Waals surface area (Å²) in [6.07, 6.45) is 0. The highest BCUT2D eigenvalue weighted by Crippen LogP contribution is 1.99. The van der Waals surface area contributed by atoms with Crippen LogP contribution in [0.4, 0.5) is 0 Å². The minimum absolute atomic E-state index is 0.868. The minimum Gasteiger partial charge on any atom is -0.370 e. The van der Waals surface area contributed by atoms with Crippen molar-refractivity contribution in [1.29, 1.82) is 0 Å². The SMILES string of the molecule is C1COCSCCN1. The van der Waals surface area contributed by atoms with Crippen LogP contribution >= 0.6 is 11.8 Å². The maximum atomic E-state index is 5.17. The van der Waals surface area contributed by atoms with Gasteiger partial charge in [0.15, 0.2) is 0 Å². The van der Waals surface area contributed by atoms with Crippen LogP contribution in [0.5, 0.6) is 0 Å². The van der Waals surface area contributed by atoms with E-state index in [1.165, 1.54) is 5.75 Å². The molecule has 0 saturated carbocycles. The van der Waals surface area contributed by atoms with Crippen molar-refractivity contribution in [2.45, 2.75) is 0 Å². The average molecular weight is 133 g/mol. The first-order valence-corrected chi connectivity index (χ1v) is 4.02. The van der Waals surface area contributed by atoms with Crippen LogP contribution in [0.1, 0.15) is 0 Å². The fourth-order valence-electron chi connectivity index (χ4n) is 0.590. The molecule has 0 atom stereocenters. The standard InChI is InChI=1S/C5H11NOS/c1-3-7-5-8-4-2-6-1/h6H,1-5H2. The molecule has 1 fully saturated rings. The van der Waals surface area contributed by atoms with Crippen molar-refractivity contribution in [3.05, 3.63) is 0 Å². The van der Waals surface area contributed by atoms with E-state index in [1.54, 1.807) is 0 Å². The Hall–Kier alpha value is 0.270. The van der Waals surface area contributed by atoms with Gasteiger partial charge in [-0.2, -0.15) is 0 Å². The summed E-state index contributed by atoms with van der Waals surface area (Å²) >= 11 is 1.84. The number of ether oxygens (including phenoxy) is 1. The Kier molecular flexibility index (Phi) is 3.34. The molecule has 1 saturated heterocycles. The average Bonchev–Trinajstić information content (AvgIpc) is 1.62. The zero-order valence-electron chi connectivity index (χ0n) is 4.85. The lowest BCUT2D eigenvalue weighted by Gasteiger charge is -2.09. The van der Waals surface area contributed by atoms with Crippen molar-refractivity contribution in [2.75, 3.05) is 31.4 Å². The molecule has 2 nitrogen and oxygen atoms in total. The summed E-state index contributed by atoms with van der Waals surface area (Å²) in [4.78, 5) is 0. The third-order valence-electron chi connectivity index (χ3n) is 1.01. The van der Waals surface area contributed by atoms with E-state index >= 15 is 0 Å². The third-order valence-corrected chi connectivity index (χ3v) is 1.84. The molecule has 0 amide bonds. The van der Waals surface area contributed by atoms with E-state index in [4.69, 9.17) is 4.74 Å². The molecule has 0 aromatic heterocycles. The molecule has 3 heteroatoms. The first kappa shape index (κ1) is 6.39. The summed E-state index contributed by atoms with van der Waals surface area (Å²) in [5.74, 6) is 2.06. The first-order valence-electron chi connectivity index (χ1n) is 2.86. The van der Waals surface area contributed by atoms with E-state index < -0.39 is 0 Å². The Morgan fingerprint density at radius 1 is 1.38 bits per heavy atom. The molecular weight excluding hydrogens is 122 g/mol. The lowest BCUT2D eigenvalue weighted by Crippen LogP contribution is -2.24. The summed E-state index contributed by atoms with van der Waals surface area (Å²) in [6.45, 7) is 3.02. The number of thioether (sulfide) groups is 1. The maximum absolute atomic E-state index is 5.17. The van der Waals surface area contributed by atoms with Gasteiger partial charge in [0.2, 0.25) is 0 Å². The van der Waals surface area contributed by atoms with Crippen LogP contribution < -0.4 is 5.32 Å². The van der Waals surface area contributed by atoms with E-state index in [-0.39, 0.29) is 0 Å². The van der Waals surface area contributed by atoms with Crippen LogP contribution in [0.25, 0.3) is 0 Å². The van der Waals surface area contributed by atoms with Crippen LogP contribution in [0.2, 0.25) is 0 Å². The molecule has 0 aliphatic carbocycles. The second-order valence-corrected chi connectivity index (χ2v) is 2.74. The molecule has 0 aromatic carbocycles. The van der Waals surface area contributed by atoms with E-state index in [1.807, 2.05) is 11.8 Å². The van der Waals surface area contributed by atoms with Gasteiger partial charge in [-0.1, -0.05) is 0 Å². The lowest BCUT2D eigenvalue weighted by atomic mass is 10.6. The summed E-state index contributed by atoms with van der Waals surface area (Å²) < 4.78 is 5.17. The number of hydrogen-bond donors (Lipinski definition) is 1. The predicted molar refractivity (Wildman–Crippen MR) is 36.1 cm³/mol. The van der Waals surface area contributed by atoms with Crippen molar-refractivity contribution in [1.82, 2.24) is 5.32 Å². The monoisotopic (exact) mass is 133 g/mol. The largest absolute Gasteiger partial charge is 0.370 e. The van der Waals surface area contributed by atoms with Gasteiger partial charge in [0.1, 0.15) is 0 Å². The molecule has 1 heterocycles. The molecular formula is C5H11NOS. The number of rotatable bonds is 0. The van der Waals surface area contributed by atoms with Crippen molar-refractivity contribution >= 4 is 11.8 Å². The smallest absolute Gasteiger partial charge is 0.0922 e. The zero-order valence-corrected chi connectivity index (χ0v) is 5.67. The van der Waals surface area contributed by atoms with Gasteiger partial charge in [0, 0.05) is 18.8 Å². The van der Waals surface area contributed by atoms with E-state index in [0.29, 0.717) is 0 Å². The Bertz CT molecular complexity index is 36.4. The summed E-state index contributed by atoms with van der Waals surface area (Å²) in [7, 11) is 0. The normalized spacial score (nSPS) is 24.0. The molecule has 1 aliphatic heterocycles. The number of nitrogens with one attached hydrogen (secondary N) is 1. The van der Waals surface area contributed by atoms with Gasteiger partial charge in [-0.05, 0) is 0 Å². The van der Waals surface area contributed by atoms with Gasteiger partial charge in [-0.3, -0.25) is 0 Å². The highest BCUT2D eigenvalue weighted by molar-refractivity contribution is 7.99. The Morgan fingerprint density at radius 3 is 3.38 bits per heavy atom. The van der Waals surface area contributed by atoms with Gasteiger partial charge < -0.3 is 10.1 Å². The minimum atomic E-state index is 0.868. The van der Waals surface area contributed by atoms with Crippen molar-refractivity contribution in [3.8, 4) is 0 Å². The molecule has 1 aliphatic rings. The second-order valence-electron chi connectivity index (χ2n) is 1.68. The van der Waals surface area contributed by atoms with Gasteiger partial charge in [0.25, 0.3) is 0 Å². The van der Waals surface area contributed by atoms with Crippen LogP contribution in [-0.2, 0) is 4.74 Å². The van der Waals surface area contributed by atoms with E-state index in [2.05, 4.69) is 5.32 Å². The molecule has 48 valence electrons. The molecule has 0 radical (unpaired) electrons. The molecule has 0 spiro atoms. The molecule has 1 rings (SSSR count). The van der Waals surface area contributed by atoms with Crippen molar-refractivity contribution in [2.24, 2.45) is 0 Å². The quantitative estimate of drug-likeness (QED) is 0.513. The summed E-state index contributed by atoms with van der Waals surface area (Å²) in [5.41, 5.74) is 0. The van der Waals surface area contributed by atoms with Gasteiger partial charge >= 0.3 is 0 Å². The number of hydrogen-bond acceptors (Lipinski definition) is 3. The van der Waals surface area contributed by atoms with Crippen molar-refractivity contribution < 1.29 is 4.74 Å². The molecule has 8 heavy (non-hydrogen) atoms. The molecule has 0 aromatic rings.